The van der Waals surface area contributed by atoms with Gasteiger partial charge in [0.05, 0.1) is 6.10 Å². The molecule has 5 heteroatoms. The summed E-state index contributed by atoms with van der Waals surface area (Å²) in [5.41, 5.74) is 1.59. The zero-order valence-electron chi connectivity index (χ0n) is 16.5. The molecule has 0 heterocycles. The van der Waals surface area contributed by atoms with Crippen LogP contribution in [0.15, 0.2) is 54.6 Å². The van der Waals surface area contributed by atoms with Crippen molar-refractivity contribution in [2.24, 2.45) is 11.8 Å². The van der Waals surface area contributed by atoms with E-state index in [-0.39, 0.29) is 29.8 Å². The van der Waals surface area contributed by atoms with Crippen LogP contribution in [-0.2, 0) is 9.59 Å². The highest BCUT2D eigenvalue weighted by atomic mass is 16.5. The number of para-hydroxylation sites is 1. The number of hydrogen-bond donors (Lipinski definition) is 2. The molecule has 0 radical (unpaired) electrons. The van der Waals surface area contributed by atoms with Gasteiger partial charge in [0, 0.05) is 23.2 Å². The van der Waals surface area contributed by atoms with Gasteiger partial charge in [0.1, 0.15) is 5.75 Å². The largest absolute Gasteiger partial charge is 0.491 e. The molecule has 1 aliphatic rings. The Morgan fingerprint density at radius 2 is 1.25 bits per heavy atom. The van der Waals surface area contributed by atoms with Crippen LogP contribution in [0, 0.1) is 11.8 Å². The molecular weight excluding hydrogens is 352 g/mol. The monoisotopic (exact) mass is 380 g/mol. The average Bonchev–Trinajstić information content (AvgIpc) is 2.70. The van der Waals surface area contributed by atoms with Crippen molar-refractivity contribution in [3.63, 3.8) is 0 Å². The molecule has 2 aromatic carbocycles. The van der Waals surface area contributed by atoms with Crippen molar-refractivity contribution in [3.05, 3.63) is 54.6 Å². The number of hydrogen-bond acceptors (Lipinski definition) is 3. The molecule has 2 N–H and O–H groups in total. The number of ether oxygens (including phenoxy) is 1. The molecule has 1 saturated carbocycles. The molecule has 28 heavy (non-hydrogen) atoms. The van der Waals surface area contributed by atoms with Crippen molar-refractivity contribution in [1.82, 2.24) is 0 Å². The van der Waals surface area contributed by atoms with Crippen molar-refractivity contribution < 1.29 is 14.3 Å². The molecule has 2 amide bonds. The van der Waals surface area contributed by atoms with E-state index in [4.69, 9.17) is 4.74 Å². The van der Waals surface area contributed by atoms with Crippen molar-refractivity contribution in [2.75, 3.05) is 10.6 Å². The van der Waals surface area contributed by atoms with Gasteiger partial charge < -0.3 is 15.4 Å². The number of anilines is 2. The van der Waals surface area contributed by atoms with Crippen LogP contribution in [0.5, 0.6) is 5.75 Å². The lowest BCUT2D eigenvalue weighted by molar-refractivity contribution is -0.125. The van der Waals surface area contributed by atoms with Crippen LogP contribution in [0.25, 0.3) is 0 Å². The van der Waals surface area contributed by atoms with Crippen LogP contribution in [0.3, 0.4) is 0 Å². The van der Waals surface area contributed by atoms with Crippen LogP contribution in [0.1, 0.15) is 39.5 Å². The Bertz CT molecular complexity index is 779. The van der Waals surface area contributed by atoms with Gasteiger partial charge in [-0.25, -0.2) is 0 Å². The maximum Gasteiger partial charge on any atom is 0.227 e. The minimum Gasteiger partial charge on any atom is -0.491 e. The lowest BCUT2D eigenvalue weighted by Gasteiger charge is -2.27. The molecule has 0 bridgehead atoms. The highest BCUT2D eigenvalue weighted by Gasteiger charge is 2.30. The second kappa shape index (κ2) is 9.40. The van der Waals surface area contributed by atoms with Crippen molar-refractivity contribution in [1.29, 1.82) is 0 Å². The molecule has 3 rings (SSSR count). The maximum absolute atomic E-state index is 12.6. The Morgan fingerprint density at radius 3 is 1.71 bits per heavy atom. The number of rotatable bonds is 6. The Hall–Kier alpha value is -2.82. The van der Waals surface area contributed by atoms with Gasteiger partial charge in [-0.05, 0) is 75.9 Å². The maximum atomic E-state index is 12.6. The van der Waals surface area contributed by atoms with Gasteiger partial charge in [0.2, 0.25) is 11.8 Å². The van der Waals surface area contributed by atoms with E-state index in [2.05, 4.69) is 10.6 Å². The molecule has 1 aliphatic carbocycles. The molecule has 0 atom stereocenters. The average molecular weight is 380 g/mol. The summed E-state index contributed by atoms with van der Waals surface area (Å²) in [6.07, 6.45) is 3.05. The van der Waals surface area contributed by atoms with Crippen molar-refractivity contribution >= 4 is 23.2 Å². The quantitative estimate of drug-likeness (QED) is 0.752. The van der Waals surface area contributed by atoms with Gasteiger partial charge in [-0.2, -0.15) is 0 Å². The van der Waals surface area contributed by atoms with Gasteiger partial charge in [-0.1, -0.05) is 18.2 Å². The first-order valence-corrected chi connectivity index (χ1v) is 9.95. The van der Waals surface area contributed by atoms with Gasteiger partial charge >= 0.3 is 0 Å². The highest BCUT2D eigenvalue weighted by molar-refractivity contribution is 5.94. The molecule has 0 aliphatic heterocycles. The summed E-state index contributed by atoms with van der Waals surface area (Å²) in [4.78, 5) is 25.0. The zero-order valence-corrected chi connectivity index (χ0v) is 16.5. The third kappa shape index (κ3) is 5.59. The minimum atomic E-state index is -0.0487. The standard InChI is InChI=1S/C23H28N2O3/c1-16(2)28-21-14-12-20(13-15-21)25-23(27)18-10-8-17(9-11-18)22(26)24-19-6-4-3-5-7-19/h3-7,12-18H,8-11H2,1-2H3,(H,24,26)(H,25,27). The van der Waals surface area contributed by atoms with E-state index in [1.807, 2.05) is 68.4 Å². The van der Waals surface area contributed by atoms with Crippen LogP contribution in [0.2, 0.25) is 0 Å². The lowest BCUT2D eigenvalue weighted by Crippen LogP contribution is -2.32. The van der Waals surface area contributed by atoms with E-state index in [0.717, 1.165) is 42.8 Å². The molecule has 0 aromatic heterocycles. The Balaban J connectivity index is 1.46. The van der Waals surface area contributed by atoms with E-state index in [0.29, 0.717) is 0 Å². The van der Waals surface area contributed by atoms with E-state index in [1.165, 1.54) is 0 Å². The van der Waals surface area contributed by atoms with Gasteiger partial charge in [0.25, 0.3) is 0 Å². The van der Waals surface area contributed by atoms with Crippen molar-refractivity contribution in [3.8, 4) is 5.75 Å². The second-order valence-corrected chi connectivity index (χ2v) is 7.58. The number of carbonyl (C=O) groups excluding carboxylic acids is 2. The lowest BCUT2D eigenvalue weighted by atomic mass is 9.81. The normalized spacial score (nSPS) is 19.1. The summed E-state index contributed by atoms with van der Waals surface area (Å²) in [6.45, 7) is 3.96. The predicted molar refractivity (Wildman–Crippen MR) is 111 cm³/mol. The molecule has 2 aromatic rings. The van der Waals surface area contributed by atoms with Gasteiger partial charge in [0.15, 0.2) is 0 Å². The molecule has 0 unspecified atom stereocenters. The van der Waals surface area contributed by atoms with Crippen LogP contribution in [-0.4, -0.2) is 17.9 Å². The summed E-state index contributed by atoms with van der Waals surface area (Å²) in [6, 6.07) is 16.9. The Morgan fingerprint density at radius 1 is 0.786 bits per heavy atom. The SMILES string of the molecule is CC(C)Oc1ccc(NC(=O)C2CCC(C(=O)Nc3ccccc3)CC2)cc1. The predicted octanol–water partition coefficient (Wildman–Crippen LogP) is 4.86. The first-order valence-electron chi connectivity index (χ1n) is 9.95. The zero-order chi connectivity index (χ0) is 19.9. The van der Waals surface area contributed by atoms with Gasteiger partial charge in [-0.15, -0.1) is 0 Å². The van der Waals surface area contributed by atoms with Gasteiger partial charge in [-0.3, -0.25) is 9.59 Å². The second-order valence-electron chi connectivity index (χ2n) is 7.58. The fourth-order valence-electron chi connectivity index (χ4n) is 3.52. The molecule has 148 valence electrons. The fourth-order valence-corrected chi connectivity index (χ4v) is 3.52. The van der Waals surface area contributed by atoms with Crippen LogP contribution < -0.4 is 15.4 Å². The first kappa shape index (κ1) is 19.9. The third-order valence-electron chi connectivity index (χ3n) is 5.00. The summed E-state index contributed by atoms with van der Waals surface area (Å²) >= 11 is 0. The number of carbonyl (C=O) groups is 2. The minimum absolute atomic E-state index is 0.0273. The Kier molecular flexibility index (Phi) is 6.69. The van der Waals surface area contributed by atoms with Crippen molar-refractivity contribution in [2.45, 2.75) is 45.6 Å². The summed E-state index contributed by atoms with van der Waals surface area (Å²) in [5.74, 6) is 0.785. The molecule has 0 spiro atoms. The molecule has 1 fully saturated rings. The number of nitrogens with one attached hydrogen (secondary N) is 2. The van der Waals surface area contributed by atoms with E-state index in [1.54, 1.807) is 0 Å². The summed E-state index contributed by atoms with van der Waals surface area (Å²) in [7, 11) is 0. The molecule has 5 nitrogen and oxygen atoms in total. The van der Waals surface area contributed by atoms with E-state index >= 15 is 0 Å². The first-order chi connectivity index (χ1) is 13.5. The van der Waals surface area contributed by atoms with Crippen LogP contribution >= 0.6 is 0 Å². The van der Waals surface area contributed by atoms with E-state index in [9.17, 15) is 9.59 Å². The van der Waals surface area contributed by atoms with Crippen LogP contribution in [0.4, 0.5) is 11.4 Å². The Labute approximate surface area is 166 Å². The molecular formula is C23H28N2O3. The highest BCUT2D eigenvalue weighted by Crippen LogP contribution is 2.30. The summed E-state index contributed by atoms with van der Waals surface area (Å²) < 4.78 is 5.62. The molecule has 0 saturated heterocycles. The number of amides is 2. The summed E-state index contributed by atoms with van der Waals surface area (Å²) in [5, 5.41) is 5.94. The van der Waals surface area contributed by atoms with E-state index < -0.39 is 0 Å². The third-order valence-corrected chi connectivity index (χ3v) is 5.00. The smallest absolute Gasteiger partial charge is 0.227 e. The topological polar surface area (TPSA) is 67.4 Å². The fraction of sp³-hybridized carbons (Fsp3) is 0.391. The number of benzene rings is 2.